The van der Waals surface area contributed by atoms with Crippen LogP contribution in [-0.4, -0.2) is 4.98 Å². The number of hydrogen-bond acceptors (Lipinski definition) is 3. The Bertz CT molecular complexity index is 486. The van der Waals surface area contributed by atoms with Crippen LogP contribution in [0, 0.1) is 0 Å². The topological polar surface area (TPSA) is 24.9 Å². The summed E-state index contributed by atoms with van der Waals surface area (Å²) in [5.41, 5.74) is 1.03. The number of nitrogens with one attached hydrogen (secondary N) is 1. The van der Waals surface area contributed by atoms with Crippen molar-refractivity contribution >= 4 is 44.6 Å². The van der Waals surface area contributed by atoms with Crippen molar-refractivity contribution < 1.29 is 0 Å². The summed E-state index contributed by atoms with van der Waals surface area (Å²) < 4.78 is 1.78. The maximum Gasteiger partial charge on any atom is 0.0932 e. The molecule has 0 aliphatic carbocycles. The van der Waals surface area contributed by atoms with Crippen molar-refractivity contribution in [2.75, 3.05) is 5.32 Å². The predicted molar refractivity (Wildman–Crippen MR) is 73.3 cm³/mol. The minimum Gasteiger partial charge on any atom is -0.377 e. The molecule has 2 heterocycles. The van der Waals surface area contributed by atoms with E-state index < -0.39 is 0 Å². The third-order valence-electron chi connectivity index (χ3n) is 2.17. The van der Waals surface area contributed by atoms with Crippen LogP contribution in [-0.2, 0) is 0 Å². The van der Waals surface area contributed by atoms with E-state index in [9.17, 15) is 0 Å². The monoisotopic (exact) mass is 316 g/mol. The van der Waals surface area contributed by atoms with Crippen molar-refractivity contribution in [2.45, 2.75) is 13.0 Å². The van der Waals surface area contributed by atoms with Gasteiger partial charge >= 0.3 is 0 Å². The van der Waals surface area contributed by atoms with E-state index >= 15 is 0 Å². The average molecular weight is 318 g/mol. The number of rotatable bonds is 3. The van der Waals surface area contributed by atoms with E-state index in [-0.39, 0.29) is 6.04 Å². The van der Waals surface area contributed by atoms with Gasteiger partial charge in [-0.2, -0.15) is 0 Å². The molecule has 0 saturated carbocycles. The lowest BCUT2D eigenvalue weighted by molar-refractivity contribution is 0.905. The molecule has 0 aliphatic rings. The SMILES string of the molecule is CC(Nc1ccncc1Br)c1ccc(Cl)s1. The molecule has 0 aliphatic heterocycles. The number of thiophene rings is 1. The third-order valence-corrected chi connectivity index (χ3v) is 4.21. The summed E-state index contributed by atoms with van der Waals surface area (Å²) in [7, 11) is 0. The molecule has 0 aromatic carbocycles. The number of pyridine rings is 1. The first-order chi connectivity index (χ1) is 7.66. The highest BCUT2D eigenvalue weighted by Crippen LogP contribution is 2.30. The van der Waals surface area contributed by atoms with Gasteiger partial charge in [-0.25, -0.2) is 0 Å². The Hall–Kier alpha value is -0.580. The van der Waals surface area contributed by atoms with Gasteiger partial charge in [-0.05, 0) is 41.1 Å². The molecule has 2 aromatic heterocycles. The Kier molecular flexibility index (Phi) is 3.84. The summed E-state index contributed by atoms with van der Waals surface area (Å²) in [5.74, 6) is 0. The highest BCUT2D eigenvalue weighted by molar-refractivity contribution is 9.10. The number of nitrogens with zero attached hydrogens (tertiary/aromatic N) is 1. The fourth-order valence-electron chi connectivity index (χ4n) is 1.36. The van der Waals surface area contributed by atoms with Crippen LogP contribution >= 0.6 is 38.9 Å². The fraction of sp³-hybridized carbons (Fsp3) is 0.182. The molecule has 5 heteroatoms. The van der Waals surface area contributed by atoms with Gasteiger partial charge < -0.3 is 5.32 Å². The standard InChI is InChI=1S/C11H10BrClN2S/c1-7(10-2-3-11(13)16-10)15-9-4-5-14-6-8(9)12/h2-7H,1H3,(H,14,15). The van der Waals surface area contributed by atoms with Gasteiger partial charge in [0.2, 0.25) is 0 Å². The van der Waals surface area contributed by atoms with Crippen molar-refractivity contribution in [1.82, 2.24) is 4.98 Å². The van der Waals surface area contributed by atoms with Crippen LogP contribution in [0.2, 0.25) is 4.34 Å². The van der Waals surface area contributed by atoms with Gasteiger partial charge in [0.1, 0.15) is 0 Å². The summed E-state index contributed by atoms with van der Waals surface area (Å²) in [6.45, 7) is 2.11. The average Bonchev–Trinajstić information content (AvgIpc) is 2.68. The smallest absolute Gasteiger partial charge is 0.0932 e. The van der Waals surface area contributed by atoms with Gasteiger partial charge in [-0.1, -0.05) is 11.6 Å². The summed E-state index contributed by atoms with van der Waals surface area (Å²) in [6, 6.07) is 6.13. The van der Waals surface area contributed by atoms with Gasteiger partial charge in [-0.15, -0.1) is 11.3 Å². The molecule has 2 rings (SSSR count). The van der Waals surface area contributed by atoms with Gasteiger partial charge in [0.15, 0.2) is 0 Å². The lowest BCUT2D eigenvalue weighted by atomic mass is 10.2. The Balaban J connectivity index is 2.13. The molecule has 0 bridgehead atoms. The van der Waals surface area contributed by atoms with Crippen molar-refractivity contribution in [3.63, 3.8) is 0 Å². The first-order valence-electron chi connectivity index (χ1n) is 4.78. The number of halogens is 2. The molecule has 1 N–H and O–H groups in total. The van der Waals surface area contributed by atoms with E-state index in [1.165, 1.54) is 4.88 Å². The second-order valence-electron chi connectivity index (χ2n) is 3.36. The molecule has 2 aromatic rings. The zero-order valence-corrected chi connectivity index (χ0v) is 11.7. The van der Waals surface area contributed by atoms with Gasteiger partial charge in [-0.3, -0.25) is 4.98 Å². The lowest BCUT2D eigenvalue weighted by Gasteiger charge is -2.14. The first kappa shape index (κ1) is 11.9. The van der Waals surface area contributed by atoms with Crippen molar-refractivity contribution in [3.05, 3.63) is 44.3 Å². The maximum atomic E-state index is 5.91. The van der Waals surface area contributed by atoms with E-state index in [1.54, 1.807) is 23.7 Å². The van der Waals surface area contributed by atoms with Crippen molar-refractivity contribution in [3.8, 4) is 0 Å². The molecular weight excluding hydrogens is 308 g/mol. The highest BCUT2D eigenvalue weighted by atomic mass is 79.9. The Morgan fingerprint density at radius 1 is 1.44 bits per heavy atom. The molecule has 1 unspecified atom stereocenters. The molecule has 16 heavy (non-hydrogen) atoms. The largest absolute Gasteiger partial charge is 0.377 e. The van der Waals surface area contributed by atoms with E-state index in [2.05, 4.69) is 33.2 Å². The zero-order chi connectivity index (χ0) is 11.5. The summed E-state index contributed by atoms with van der Waals surface area (Å²) in [4.78, 5) is 5.24. The second-order valence-corrected chi connectivity index (χ2v) is 5.96. The highest BCUT2D eigenvalue weighted by Gasteiger charge is 2.09. The van der Waals surface area contributed by atoms with Gasteiger partial charge in [0.25, 0.3) is 0 Å². The van der Waals surface area contributed by atoms with E-state index in [1.807, 2.05) is 18.2 Å². The van der Waals surface area contributed by atoms with E-state index in [0.717, 1.165) is 14.5 Å². The molecule has 1 atom stereocenters. The molecule has 84 valence electrons. The van der Waals surface area contributed by atoms with E-state index in [0.29, 0.717) is 0 Å². The zero-order valence-electron chi connectivity index (χ0n) is 8.58. The molecular formula is C11H10BrClN2S. The van der Waals surface area contributed by atoms with Crippen molar-refractivity contribution in [2.24, 2.45) is 0 Å². The van der Waals surface area contributed by atoms with Crippen LogP contribution in [0.5, 0.6) is 0 Å². The molecule has 0 amide bonds. The van der Waals surface area contributed by atoms with Crippen LogP contribution in [0.4, 0.5) is 5.69 Å². The quantitative estimate of drug-likeness (QED) is 0.885. The predicted octanol–water partition coefficient (Wildman–Crippen LogP) is 4.73. The summed E-state index contributed by atoms with van der Waals surface area (Å²) in [5, 5.41) is 3.40. The van der Waals surface area contributed by atoms with E-state index in [4.69, 9.17) is 11.6 Å². The molecule has 0 saturated heterocycles. The minimum absolute atomic E-state index is 0.233. The fourth-order valence-corrected chi connectivity index (χ4v) is 2.79. The summed E-state index contributed by atoms with van der Waals surface area (Å²) >= 11 is 11.0. The normalized spacial score (nSPS) is 12.4. The Morgan fingerprint density at radius 2 is 2.25 bits per heavy atom. The van der Waals surface area contributed by atoms with Crippen LogP contribution in [0.1, 0.15) is 17.8 Å². The number of aromatic nitrogens is 1. The lowest BCUT2D eigenvalue weighted by Crippen LogP contribution is -2.05. The van der Waals surface area contributed by atoms with Crippen LogP contribution < -0.4 is 5.32 Å². The second kappa shape index (κ2) is 5.17. The number of hydrogen-bond donors (Lipinski definition) is 1. The minimum atomic E-state index is 0.233. The maximum absolute atomic E-state index is 5.91. The van der Waals surface area contributed by atoms with Crippen LogP contribution in [0.3, 0.4) is 0 Å². The first-order valence-corrected chi connectivity index (χ1v) is 6.77. The Morgan fingerprint density at radius 3 is 2.88 bits per heavy atom. The Labute approximate surface area is 112 Å². The molecule has 0 spiro atoms. The third kappa shape index (κ3) is 2.75. The number of anilines is 1. The van der Waals surface area contributed by atoms with Gasteiger partial charge in [0, 0.05) is 17.3 Å². The van der Waals surface area contributed by atoms with Crippen LogP contribution in [0.25, 0.3) is 0 Å². The van der Waals surface area contributed by atoms with Gasteiger partial charge in [0.05, 0.1) is 20.5 Å². The molecule has 0 radical (unpaired) electrons. The van der Waals surface area contributed by atoms with Crippen LogP contribution in [0.15, 0.2) is 35.1 Å². The summed E-state index contributed by atoms with van der Waals surface area (Å²) in [6.07, 6.45) is 3.54. The van der Waals surface area contributed by atoms with Crippen molar-refractivity contribution in [1.29, 1.82) is 0 Å². The molecule has 0 fully saturated rings. The molecule has 2 nitrogen and oxygen atoms in total.